The fourth-order valence-electron chi connectivity index (χ4n) is 3.14. The van der Waals surface area contributed by atoms with E-state index in [9.17, 15) is 9.59 Å². The van der Waals surface area contributed by atoms with E-state index < -0.39 is 11.9 Å². The van der Waals surface area contributed by atoms with Crippen LogP contribution in [0.4, 0.5) is 0 Å². The lowest BCUT2D eigenvalue weighted by Crippen LogP contribution is -2.34. The Hall–Kier alpha value is -2.30. The summed E-state index contributed by atoms with van der Waals surface area (Å²) in [7, 11) is 0. The predicted octanol–water partition coefficient (Wildman–Crippen LogP) is 4.92. The highest BCUT2D eigenvalue weighted by molar-refractivity contribution is 6.42. The first-order valence-corrected chi connectivity index (χ1v) is 9.29. The van der Waals surface area contributed by atoms with Crippen molar-refractivity contribution in [2.45, 2.75) is 32.8 Å². The number of nitrogens with one attached hydrogen (secondary N) is 1. The van der Waals surface area contributed by atoms with Crippen LogP contribution in [0.5, 0.6) is 0 Å². The second kappa shape index (κ2) is 8.15. The van der Waals surface area contributed by atoms with Gasteiger partial charge in [-0.15, -0.1) is 0 Å². The van der Waals surface area contributed by atoms with E-state index in [1.807, 2.05) is 31.2 Å². The maximum Gasteiger partial charge on any atom is 0.336 e. The standard InChI is InChI=1S/C21H19Cl2NO3/c1-12-6-8-14(9-7-12)11-27-21(26)19-13(2)24-18(25)10-16(19)15-4-3-5-17(22)20(15)23/h3-9,16H,10-11H2,1-2H3,(H,24,25). The Morgan fingerprint density at radius 2 is 1.85 bits per heavy atom. The molecule has 2 aromatic carbocycles. The van der Waals surface area contributed by atoms with Gasteiger partial charge in [-0.2, -0.15) is 0 Å². The number of allylic oxidation sites excluding steroid dienone is 1. The van der Waals surface area contributed by atoms with E-state index in [0.29, 0.717) is 26.9 Å². The summed E-state index contributed by atoms with van der Waals surface area (Å²) in [5.41, 5.74) is 3.53. The minimum absolute atomic E-state index is 0.104. The highest BCUT2D eigenvalue weighted by Gasteiger charge is 2.34. The Morgan fingerprint density at radius 1 is 1.15 bits per heavy atom. The zero-order valence-electron chi connectivity index (χ0n) is 15.0. The van der Waals surface area contributed by atoms with Gasteiger partial charge >= 0.3 is 5.97 Å². The fraction of sp³-hybridized carbons (Fsp3) is 0.238. The van der Waals surface area contributed by atoms with Crippen LogP contribution in [0.15, 0.2) is 53.7 Å². The normalized spacial score (nSPS) is 16.9. The van der Waals surface area contributed by atoms with Crippen LogP contribution in [0.2, 0.25) is 10.0 Å². The molecule has 1 aliphatic rings. The molecule has 1 aliphatic heterocycles. The Bertz CT molecular complexity index is 920. The molecule has 1 unspecified atom stereocenters. The number of benzene rings is 2. The molecule has 140 valence electrons. The Balaban J connectivity index is 1.88. The van der Waals surface area contributed by atoms with Crippen molar-refractivity contribution in [3.63, 3.8) is 0 Å². The van der Waals surface area contributed by atoms with Crippen molar-refractivity contribution in [3.8, 4) is 0 Å². The molecule has 0 aromatic heterocycles. The number of ether oxygens (including phenoxy) is 1. The van der Waals surface area contributed by atoms with Gasteiger partial charge in [0, 0.05) is 18.0 Å². The minimum atomic E-state index is -0.504. The van der Waals surface area contributed by atoms with E-state index in [1.54, 1.807) is 25.1 Å². The molecule has 1 amide bonds. The van der Waals surface area contributed by atoms with Crippen LogP contribution < -0.4 is 5.32 Å². The lowest BCUT2D eigenvalue weighted by molar-refractivity contribution is -0.141. The first kappa shape index (κ1) is 19.5. The Kier molecular flexibility index (Phi) is 5.88. The average molecular weight is 404 g/mol. The third kappa shape index (κ3) is 4.34. The largest absolute Gasteiger partial charge is 0.457 e. The van der Waals surface area contributed by atoms with Crippen LogP contribution in [0, 0.1) is 6.92 Å². The lowest BCUT2D eigenvalue weighted by Gasteiger charge is -2.27. The number of halogens is 2. The molecule has 2 aromatic rings. The van der Waals surface area contributed by atoms with Crippen molar-refractivity contribution in [3.05, 3.63) is 80.5 Å². The van der Waals surface area contributed by atoms with Crippen LogP contribution in [0.3, 0.4) is 0 Å². The molecule has 1 heterocycles. The fourth-order valence-corrected chi connectivity index (χ4v) is 3.58. The summed E-state index contributed by atoms with van der Waals surface area (Å²) in [6.07, 6.45) is 0.104. The number of rotatable bonds is 4. The topological polar surface area (TPSA) is 55.4 Å². The van der Waals surface area contributed by atoms with Crippen LogP contribution >= 0.6 is 23.2 Å². The monoisotopic (exact) mass is 403 g/mol. The number of hydrogen-bond acceptors (Lipinski definition) is 3. The van der Waals surface area contributed by atoms with Crippen LogP contribution in [-0.4, -0.2) is 11.9 Å². The SMILES string of the molecule is CC1=C(C(=O)OCc2ccc(C)cc2)C(c2cccc(Cl)c2Cl)CC(=O)N1. The first-order chi connectivity index (χ1) is 12.9. The molecule has 0 fully saturated rings. The average Bonchev–Trinajstić information content (AvgIpc) is 2.62. The summed E-state index contributed by atoms with van der Waals surface area (Å²) < 4.78 is 5.51. The number of aryl methyl sites for hydroxylation is 1. The number of hydrogen-bond donors (Lipinski definition) is 1. The lowest BCUT2D eigenvalue weighted by atomic mass is 9.84. The Morgan fingerprint density at radius 3 is 2.56 bits per heavy atom. The van der Waals surface area contributed by atoms with Gasteiger partial charge in [-0.3, -0.25) is 4.79 Å². The molecular formula is C21H19Cl2NO3. The van der Waals surface area contributed by atoms with E-state index in [4.69, 9.17) is 27.9 Å². The third-order valence-corrected chi connectivity index (χ3v) is 5.37. The van der Waals surface area contributed by atoms with Gasteiger partial charge in [0.15, 0.2) is 0 Å². The summed E-state index contributed by atoms with van der Waals surface area (Å²) in [6, 6.07) is 12.9. The summed E-state index contributed by atoms with van der Waals surface area (Å²) in [5.74, 6) is -1.16. The minimum Gasteiger partial charge on any atom is -0.457 e. The molecule has 0 saturated carbocycles. The third-order valence-electron chi connectivity index (χ3n) is 4.54. The first-order valence-electron chi connectivity index (χ1n) is 8.54. The summed E-state index contributed by atoms with van der Waals surface area (Å²) >= 11 is 12.5. The molecule has 1 N–H and O–H groups in total. The van der Waals surface area contributed by atoms with Gasteiger partial charge < -0.3 is 10.1 Å². The van der Waals surface area contributed by atoms with Gasteiger partial charge in [0.25, 0.3) is 0 Å². The highest BCUT2D eigenvalue weighted by Crippen LogP contribution is 2.39. The van der Waals surface area contributed by atoms with Crippen molar-refractivity contribution in [1.29, 1.82) is 0 Å². The Labute approximate surface area is 168 Å². The maximum absolute atomic E-state index is 12.8. The quantitative estimate of drug-likeness (QED) is 0.736. The van der Waals surface area contributed by atoms with Gasteiger partial charge in [-0.25, -0.2) is 4.79 Å². The number of carbonyl (C=O) groups is 2. The van der Waals surface area contributed by atoms with E-state index in [0.717, 1.165) is 11.1 Å². The van der Waals surface area contributed by atoms with Crippen molar-refractivity contribution in [2.24, 2.45) is 0 Å². The van der Waals surface area contributed by atoms with Crippen LogP contribution in [-0.2, 0) is 20.9 Å². The highest BCUT2D eigenvalue weighted by atomic mass is 35.5. The molecule has 4 nitrogen and oxygen atoms in total. The number of esters is 1. The molecule has 0 bridgehead atoms. The van der Waals surface area contributed by atoms with Crippen molar-refractivity contribution >= 4 is 35.1 Å². The van der Waals surface area contributed by atoms with E-state index >= 15 is 0 Å². The molecule has 0 radical (unpaired) electrons. The maximum atomic E-state index is 12.8. The van der Waals surface area contributed by atoms with E-state index in [2.05, 4.69) is 5.32 Å². The second-order valence-electron chi connectivity index (χ2n) is 6.55. The summed E-state index contributed by atoms with van der Waals surface area (Å²) in [5, 5.41) is 3.44. The van der Waals surface area contributed by atoms with E-state index in [1.165, 1.54) is 0 Å². The van der Waals surface area contributed by atoms with Gasteiger partial charge in [-0.1, -0.05) is 65.2 Å². The molecule has 3 rings (SSSR count). The second-order valence-corrected chi connectivity index (χ2v) is 7.33. The molecule has 1 atom stereocenters. The predicted molar refractivity (Wildman–Crippen MR) is 106 cm³/mol. The zero-order chi connectivity index (χ0) is 19.6. The molecule has 0 aliphatic carbocycles. The molecule has 27 heavy (non-hydrogen) atoms. The van der Waals surface area contributed by atoms with Crippen molar-refractivity contribution in [2.75, 3.05) is 0 Å². The number of carbonyl (C=O) groups excluding carboxylic acids is 2. The smallest absolute Gasteiger partial charge is 0.336 e. The summed E-state index contributed by atoms with van der Waals surface area (Å²) in [4.78, 5) is 24.9. The number of amides is 1. The molecule has 0 saturated heterocycles. The van der Waals surface area contributed by atoms with Gasteiger partial charge in [0.05, 0.1) is 15.6 Å². The van der Waals surface area contributed by atoms with Gasteiger partial charge in [-0.05, 0) is 31.0 Å². The van der Waals surface area contributed by atoms with Crippen LogP contribution in [0.1, 0.15) is 36.0 Å². The molecular weight excluding hydrogens is 385 g/mol. The van der Waals surface area contributed by atoms with E-state index in [-0.39, 0.29) is 18.9 Å². The van der Waals surface area contributed by atoms with Crippen LogP contribution in [0.25, 0.3) is 0 Å². The van der Waals surface area contributed by atoms with Gasteiger partial charge in [0.1, 0.15) is 6.61 Å². The molecule has 0 spiro atoms. The molecule has 6 heteroatoms. The van der Waals surface area contributed by atoms with Gasteiger partial charge in [0.2, 0.25) is 5.91 Å². The van der Waals surface area contributed by atoms with Crippen molar-refractivity contribution < 1.29 is 14.3 Å². The zero-order valence-corrected chi connectivity index (χ0v) is 16.5. The summed E-state index contributed by atoms with van der Waals surface area (Å²) in [6.45, 7) is 3.83. The van der Waals surface area contributed by atoms with Crippen molar-refractivity contribution in [1.82, 2.24) is 5.32 Å².